The van der Waals surface area contributed by atoms with Crippen molar-refractivity contribution >= 4 is 35.0 Å². The Morgan fingerprint density at radius 1 is 1.23 bits per heavy atom. The average molecular weight is 394 g/mol. The summed E-state index contributed by atoms with van der Waals surface area (Å²) in [6, 6.07) is 5.20. The summed E-state index contributed by atoms with van der Waals surface area (Å²) in [4.78, 5) is 25.5. The first kappa shape index (κ1) is 19.0. The lowest BCUT2D eigenvalue weighted by molar-refractivity contribution is -0.136. The number of hydrogen-bond donors (Lipinski definition) is 1. The zero-order valence-corrected chi connectivity index (χ0v) is 16.7. The van der Waals surface area contributed by atoms with Gasteiger partial charge in [-0.05, 0) is 36.5 Å². The van der Waals surface area contributed by atoms with E-state index in [2.05, 4.69) is 19.2 Å². The first-order valence-electron chi connectivity index (χ1n) is 8.42. The van der Waals surface area contributed by atoms with E-state index in [9.17, 15) is 9.59 Å². The monoisotopic (exact) mass is 393 g/mol. The van der Waals surface area contributed by atoms with E-state index < -0.39 is 11.9 Å². The summed E-state index contributed by atoms with van der Waals surface area (Å²) in [6.07, 6.45) is 1.16. The number of rotatable bonds is 2. The first-order chi connectivity index (χ1) is 12.1. The number of allylic oxidation sites excluding steroid dienone is 3. The molecule has 0 saturated heterocycles. The van der Waals surface area contributed by atoms with Crippen molar-refractivity contribution in [1.29, 1.82) is 0 Å². The minimum Gasteiger partial charge on any atom is -0.466 e. The van der Waals surface area contributed by atoms with Gasteiger partial charge in [-0.3, -0.25) is 4.79 Å². The van der Waals surface area contributed by atoms with E-state index in [1.165, 1.54) is 7.11 Å². The molecular formula is C20H21Cl2NO3. The summed E-state index contributed by atoms with van der Waals surface area (Å²) in [6.45, 7) is 5.96. The number of nitrogens with one attached hydrogen (secondary N) is 1. The Labute approximate surface area is 163 Å². The summed E-state index contributed by atoms with van der Waals surface area (Å²) < 4.78 is 4.99. The smallest absolute Gasteiger partial charge is 0.336 e. The average Bonchev–Trinajstić information content (AvgIpc) is 2.54. The highest BCUT2D eigenvalue weighted by Gasteiger charge is 2.43. The van der Waals surface area contributed by atoms with Crippen LogP contribution in [0.25, 0.3) is 0 Å². The normalized spacial score (nSPS) is 22.1. The van der Waals surface area contributed by atoms with Crippen LogP contribution in [0.2, 0.25) is 10.0 Å². The van der Waals surface area contributed by atoms with Crippen LogP contribution >= 0.6 is 23.2 Å². The Bertz CT molecular complexity index is 868. The molecule has 0 unspecified atom stereocenters. The van der Waals surface area contributed by atoms with Crippen LogP contribution in [0.1, 0.15) is 45.1 Å². The van der Waals surface area contributed by atoms with E-state index >= 15 is 0 Å². The molecule has 4 nitrogen and oxygen atoms in total. The number of ketones is 1. The molecule has 0 fully saturated rings. The number of halogens is 2. The van der Waals surface area contributed by atoms with Crippen LogP contribution in [0.5, 0.6) is 0 Å². The highest BCUT2D eigenvalue weighted by Crippen LogP contribution is 2.47. The van der Waals surface area contributed by atoms with Gasteiger partial charge < -0.3 is 10.1 Å². The van der Waals surface area contributed by atoms with Crippen molar-refractivity contribution in [3.8, 4) is 0 Å². The van der Waals surface area contributed by atoms with Crippen molar-refractivity contribution in [2.75, 3.05) is 7.11 Å². The molecule has 0 saturated carbocycles. The molecule has 2 aliphatic rings. The largest absolute Gasteiger partial charge is 0.466 e. The molecule has 1 aromatic carbocycles. The molecule has 26 heavy (non-hydrogen) atoms. The molecule has 6 heteroatoms. The summed E-state index contributed by atoms with van der Waals surface area (Å²) in [5.41, 5.74) is 3.23. The van der Waals surface area contributed by atoms with E-state index in [0.29, 0.717) is 33.3 Å². The zero-order valence-electron chi connectivity index (χ0n) is 15.2. The minimum absolute atomic E-state index is 0.0359. The van der Waals surface area contributed by atoms with Gasteiger partial charge in [-0.1, -0.05) is 43.1 Å². The van der Waals surface area contributed by atoms with E-state index in [0.717, 1.165) is 17.7 Å². The van der Waals surface area contributed by atoms with E-state index in [-0.39, 0.29) is 11.2 Å². The van der Waals surface area contributed by atoms with E-state index in [1.54, 1.807) is 18.2 Å². The van der Waals surface area contributed by atoms with E-state index in [4.69, 9.17) is 27.9 Å². The molecule has 0 aromatic heterocycles. The summed E-state index contributed by atoms with van der Waals surface area (Å²) in [5.74, 6) is -0.943. The number of carbonyl (C=O) groups excluding carboxylic acids is 2. The van der Waals surface area contributed by atoms with Crippen LogP contribution in [0.3, 0.4) is 0 Å². The maximum atomic E-state index is 13.0. The zero-order chi connectivity index (χ0) is 19.2. The van der Waals surface area contributed by atoms with Crippen LogP contribution in [0.15, 0.2) is 40.7 Å². The van der Waals surface area contributed by atoms with Crippen molar-refractivity contribution in [3.63, 3.8) is 0 Å². The topological polar surface area (TPSA) is 55.4 Å². The van der Waals surface area contributed by atoms with Crippen LogP contribution in [0.4, 0.5) is 0 Å². The third kappa shape index (κ3) is 3.28. The van der Waals surface area contributed by atoms with Crippen molar-refractivity contribution in [2.24, 2.45) is 5.41 Å². The van der Waals surface area contributed by atoms with E-state index in [1.807, 2.05) is 6.92 Å². The van der Waals surface area contributed by atoms with Crippen LogP contribution in [0, 0.1) is 5.41 Å². The summed E-state index contributed by atoms with van der Waals surface area (Å²) in [5, 5.41) is 4.08. The number of hydrogen-bond acceptors (Lipinski definition) is 4. The van der Waals surface area contributed by atoms with Crippen LogP contribution in [-0.4, -0.2) is 18.9 Å². The van der Waals surface area contributed by atoms with Gasteiger partial charge in [0.25, 0.3) is 0 Å². The Balaban J connectivity index is 2.22. The molecule has 1 aromatic rings. The highest BCUT2D eigenvalue weighted by atomic mass is 35.5. The second-order valence-electron chi connectivity index (χ2n) is 7.59. The molecule has 0 spiro atoms. The Morgan fingerprint density at radius 2 is 1.92 bits per heavy atom. The van der Waals surface area contributed by atoms with Gasteiger partial charge in [-0.25, -0.2) is 4.79 Å². The quantitative estimate of drug-likeness (QED) is 0.735. The summed E-state index contributed by atoms with van der Waals surface area (Å²) >= 11 is 12.3. The second-order valence-corrected chi connectivity index (χ2v) is 8.41. The lowest BCUT2D eigenvalue weighted by atomic mass is 9.68. The van der Waals surface area contributed by atoms with Crippen molar-refractivity contribution in [3.05, 3.63) is 56.3 Å². The summed E-state index contributed by atoms with van der Waals surface area (Å²) in [7, 11) is 1.34. The number of esters is 1. The lowest BCUT2D eigenvalue weighted by Crippen LogP contribution is -2.38. The van der Waals surface area contributed by atoms with Crippen molar-refractivity contribution < 1.29 is 14.3 Å². The molecule has 0 bridgehead atoms. The number of dihydropyridines is 1. The maximum absolute atomic E-state index is 13.0. The third-order valence-electron chi connectivity index (χ3n) is 4.92. The van der Waals surface area contributed by atoms with Gasteiger partial charge in [-0.2, -0.15) is 0 Å². The fraction of sp³-hybridized carbons (Fsp3) is 0.400. The predicted octanol–water partition coefficient (Wildman–Crippen LogP) is 4.77. The maximum Gasteiger partial charge on any atom is 0.336 e. The van der Waals surface area contributed by atoms with Gasteiger partial charge in [-0.15, -0.1) is 0 Å². The Hall–Kier alpha value is -1.78. The number of methoxy groups -OCH3 is 1. The van der Waals surface area contributed by atoms with Gasteiger partial charge in [0.05, 0.1) is 22.7 Å². The van der Waals surface area contributed by atoms with Crippen molar-refractivity contribution in [2.45, 2.75) is 39.5 Å². The van der Waals surface area contributed by atoms with Gasteiger partial charge in [0.2, 0.25) is 0 Å². The molecule has 1 aliphatic carbocycles. The molecule has 1 N–H and O–H groups in total. The standard InChI is InChI=1S/C20H21Cl2NO3/c1-10-16(19(25)26-4)17(11-5-6-12(21)13(22)7-11)18-14(23-10)8-20(2,3)9-15(18)24/h5-7,17,23H,8-9H2,1-4H3/t17-/m0/s1. The van der Waals surface area contributed by atoms with Crippen molar-refractivity contribution in [1.82, 2.24) is 5.32 Å². The first-order valence-corrected chi connectivity index (χ1v) is 9.17. The molecule has 1 atom stereocenters. The Kier molecular flexibility index (Phi) is 4.93. The third-order valence-corrected chi connectivity index (χ3v) is 5.66. The molecule has 1 heterocycles. The predicted molar refractivity (Wildman–Crippen MR) is 102 cm³/mol. The highest BCUT2D eigenvalue weighted by molar-refractivity contribution is 6.42. The molecule has 0 amide bonds. The van der Waals surface area contributed by atoms with Gasteiger partial charge >= 0.3 is 5.97 Å². The number of benzene rings is 1. The second kappa shape index (κ2) is 6.75. The molecule has 138 valence electrons. The minimum atomic E-state index is -0.517. The fourth-order valence-corrected chi connectivity index (χ4v) is 4.15. The fourth-order valence-electron chi connectivity index (χ4n) is 3.84. The number of carbonyl (C=O) groups is 2. The van der Waals surface area contributed by atoms with Gasteiger partial charge in [0.15, 0.2) is 5.78 Å². The van der Waals surface area contributed by atoms with Gasteiger partial charge in [0.1, 0.15) is 0 Å². The molecule has 3 rings (SSSR count). The number of ether oxygens (including phenoxy) is 1. The van der Waals surface area contributed by atoms with Gasteiger partial charge in [0, 0.05) is 29.3 Å². The number of Topliss-reactive ketones (excluding diaryl/α,β-unsaturated/α-hetero) is 1. The molecule has 0 radical (unpaired) electrons. The Morgan fingerprint density at radius 3 is 2.54 bits per heavy atom. The van der Waals surface area contributed by atoms with Crippen LogP contribution in [-0.2, 0) is 14.3 Å². The van der Waals surface area contributed by atoms with Crippen LogP contribution < -0.4 is 5.32 Å². The SMILES string of the molecule is COC(=O)C1=C(C)NC2=C(C(=O)CC(C)(C)C2)[C@H]1c1ccc(Cl)c(Cl)c1. The lowest BCUT2D eigenvalue weighted by Gasteiger charge is -2.39. The molecular weight excluding hydrogens is 373 g/mol. The molecule has 1 aliphatic heterocycles.